The number of rotatable bonds is 3. The topological polar surface area (TPSA) is 28.2 Å². The maximum atomic E-state index is 4.26. The molecule has 3 rings (SSSR count). The van der Waals surface area contributed by atoms with Crippen LogP contribution in [-0.2, 0) is 13.0 Å². The van der Waals surface area contributed by atoms with Crippen LogP contribution in [0.3, 0.4) is 0 Å². The van der Waals surface area contributed by atoms with Gasteiger partial charge in [-0.1, -0.05) is 17.7 Å². The van der Waals surface area contributed by atoms with Gasteiger partial charge in [0, 0.05) is 42.4 Å². The molecule has 3 heteroatoms. The van der Waals surface area contributed by atoms with Gasteiger partial charge >= 0.3 is 0 Å². The summed E-state index contributed by atoms with van der Waals surface area (Å²) in [7, 11) is 1.98. The summed E-state index contributed by atoms with van der Waals surface area (Å²) in [5.41, 5.74) is 6.69. The second-order valence-corrected chi connectivity index (χ2v) is 5.42. The molecule has 2 aromatic rings. The SMILES string of the molecule is CNCc1cnccc1N1CCCc2cc(C)ccc21. The van der Waals surface area contributed by atoms with Crippen LogP contribution in [0.15, 0.2) is 36.7 Å². The Bertz CT molecular complexity index is 607. The molecule has 0 saturated carbocycles. The Morgan fingerprint density at radius 2 is 2.15 bits per heavy atom. The third-order valence-corrected chi connectivity index (χ3v) is 3.89. The number of pyridine rings is 1. The van der Waals surface area contributed by atoms with Crippen molar-refractivity contribution in [2.45, 2.75) is 26.3 Å². The fourth-order valence-electron chi connectivity index (χ4n) is 2.99. The predicted octanol–water partition coefficient (Wildman–Crippen LogP) is 3.19. The third-order valence-electron chi connectivity index (χ3n) is 3.89. The zero-order chi connectivity index (χ0) is 13.9. The maximum absolute atomic E-state index is 4.26. The first-order valence-corrected chi connectivity index (χ1v) is 7.24. The summed E-state index contributed by atoms with van der Waals surface area (Å²) >= 11 is 0. The van der Waals surface area contributed by atoms with E-state index in [2.05, 4.69) is 46.4 Å². The van der Waals surface area contributed by atoms with Crippen molar-refractivity contribution < 1.29 is 0 Å². The number of hydrogen-bond acceptors (Lipinski definition) is 3. The van der Waals surface area contributed by atoms with Crippen molar-refractivity contribution in [2.75, 3.05) is 18.5 Å². The lowest BCUT2D eigenvalue weighted by atomic mass is 9.98. The van der Waals surface area contributed by atoms with E-state index < -0.39 is 0 Å². The average Bonchev–Trinajstić information content (AvgIpc) is 2.47. The van der Waals surface area contributed by atoms with Crippen LogP contribution in [-0.4, -0.2) is 18.6 Å². The highest BCUT2D eigenvalue weighted by molar-refractivity contribution is 5.70. The molecule has 1 aliphatic rings. The first-order valence-electron chi connectivity index (χ1n) is 7.24. The first kappa shape index (κ1) is 13.1. The van der Waals surface area contributed by atoms with Gasteiger partial charge in [0.05, 0.1) is 0 Å². The molecule has 2 heterocycles. The molecule has 1 aliphatic heterocycles. The van der Waals surface area contributed by atoms with Crippen molar-refractivity contribution in [1.29, 1.82) is 0 Å². The maximum Gasteiger partial charge on any atom is 0.0487 e. The van der Waals surface area contributed by atoms with Gasteiger partial charge in [-0.15, -0.1) is 0 Å². The van der Waals surface area contributed by atoms with E-state index in [1.54, 1.807) is 0 Å². The van der Waals surface area contributed by atoms with Crippen molar-refractivity contribution in [3.8, 4) is 0 Å². The number of anilines is 2. The van der Waals surface area contributed by atoms with Gasteiger partial charge in [0.1, 0.15) is 0 Å². The summed E-state index contributed by atoms with van der Waals surface area (Å²) < 4.78 is 0. The lowest BCUT2D eigenvalue weighted by molar-refractivity contribution is 0.752. The van der Waals surface area contributed by atoms with E-state index in [-0.39, 0.29) is 0 Å². The summed E-state index contributed by atoms with van der Waals surface area (Å²) in [6.45, 7) is 4.09. The molecule has 104 valence electrons. The molecule has 0 unspecified atom stereocenters. The van der Waals surface area contributed by atoms with Crippen LogP contribution >= 0.6 is 0 Å². The van der Waals surface area contributed by atoms with Crippen LogP contribution in [0.5, 0.6) is 0 Å². The quantitative estimate of drug-likeness (QED) is 0.925. The van der Waals surface area contributed by atoms with Gasteiger partial charge in [-0.05, 0) is 44.5 Å². The number of fused-ring (bicyclic) bond motifs is 1. The van der Waals surface area contributed by atoms with E-state index in [9.17, 15) is 0 Å². The van der Waals surface area contributed by atoms with Crippen LogP contribution in [0.2, 0.25) is 0 Å². The Labute approximate surface area is 120 Å². The predicted molar refractivity (Wildman–Crippen MR) is 83.5 cm³/mol. The van der Waals surface area contributed by atoms with Gasteiger partial charge in [-0.25, -0.2) is 0 Å². The molecular weight excluding hydrogens is 246 g/mol. The van der Waals surface area contributed by atoms with Gasteiger partial charge < -0.3 is 10.2 Å². The molecule has 0 saturated heterocycles. The average molecular weight is 267 g/mol. The fraction of sp³-hybridized carbons (Fsp3) is 0.353. The molecule has 1 N–H and O–H groups in total. The van der Waals surface area contributed by atoms with Gasteiger partial charge in [0.15, 0.2) is 0 Å². The lowest BCUT2D eigenvalue weighted by Crippen LogP contribution is -2.26. The molecule has 0 fully saturated rings. The molecule has 1 aromatic carbocycles. The molecule has 0 amide bonds. The van der Waals surface area contributed by atoms with Crippen LogP contribution in [0, 0.1) is 6.92 Å². The van der Waals surface area contributed by atoms with Crippen LogP contribution in [0.4, 0.5) is 11.4 Å². The summed E-state index contributed by atoms with van der Waals surface area (Å²) in [6, 6.07) is 8.91. The molecular formula is C17H21N3. The zero-order valence-corrected chi connectivity index (χ0v) is 12.2. The van der Waals surface area contributed by atoms with E-state index in [1.165, 1.54) is 40.9 Å². The van der Waals surface area contributed by atoms with E-state index >= 15 is 0 Å². The van der Waals surface area contributed by atoms with Gasteiger partial charge in [-0.3, -0.25) is 4.98 Å². The smallest absolute Gasteiger partial charge is 0.0487 e. The Kier molecular flexibility index (Phi) is 3.70. The van der Waals surface area contributed by atoms with Crippen molar-refractivity contribution >= 4 is 11.4 Å². The van der Waals surface area contributed by atoms with E-state index in [0.29, 0.717) is 0 Å². The first-order chi connectivity index (χ1) is 9.79. The minimum absolute atomic E-state index is 0.848. The minimum Gasteiger partial charge on any atom is -0.341 e. The van der Waals surface area contributed by atoms with E-state index in [4.69, 9.17) is 0 Å². The lowest BCUT2D eigenvalue weighted by Gasteiger charge is -2.33. The van der Waals surface area contributed by atoms with Crippen LogP contribution in [0.25, 0.3) is 0 Å². The van der Waals surface area contributed by atoms with Gasteiger partial charge in [0.25, 0.3) is 0 Å². The zero-order valence-electron chi connectivity index (χ0n) is 12.2. The van der Waals surface area contributed by atoms with Crippen molar-refractivity contribution in [2.24, 2.45) is 0 Å². The molecule has 20 heavy (non-hydrogen) atoms. The number of benzene rings is 1. The summed E-state index contributed by atoms with van der Waals surface area (Å²) in [4.78, 5) is 6.70. The molecule has 0 atom stereocenters. The Morgan fingerprint density at radius 3 is 3.00 bits per heavy atom. The summed E-state index contributed by atoms with van der Waals surface area (Å²) in [5.74, 6) is 0. The van der Waals surface area contributed by atoms with Gasteiger partial charge in [0.2, 0.25) is 0 Å². The summed E-state index contributed by atoms with van der Waals surface area (Å²) in [5, 5.41) is 3.23. The molecule has 0 bridgehead atoms. The van der Waals surface area contributed by atoms with Crippen LogP contribution < -0.4 is 10.2 Å². The highest BCUT2D eigenvalue weighted by atomic mass is 15.1. The Hall–Kier alpha value is -1.87. The Balaban J connectivity index is 2.04. The number of hydrogen-bond donors (Lipinski definition) is 1. The van der Waals surface area contributed by atoms with Crippen LogP contribution in [0.1, 0.15) is 23.1 Å². The van der Waals surface area contributed by atoms with Crippen molar-refractivity contribution in [3.05, 3.63) is 53.3 Å². The number of aryl methyl sites for hydroxylation is 2. The fourth-order valence-corrected chi connectivity index (χ4v) is 2.99. The molecule has 0 radical (unpaired) electrons. The number of nitrogens with one attached hydrogen (secondary N) is 1. The second-order valence-electron chi connectivity index (χ2n) is 5.42. The normalized spacial score (nSPS) is 14.2. The molecule has 0 aliphatic carbocycles. The molecule has 0 spiro atoms. The third kappa shape index (κ3) is 2.41. The van der Waals surface area contributed by atoms with Gasteiger partial charge in [-0.2, -0.15) is 0 Å². The monoisotopic (exact) mass is 267 g/mol. The summed E-state index contributed by atoms with van der Waals surface area (Å²) in [6.07, 6.45) is 6.24. The second kappa shape index (κ2) is 5.63. The molecule has 3 nitrogen and oxygen atoms in total. The number of nitrogens with zero attached hydrogens (tertiary/aromatic N) is 2. The molecule has 1 aromatic heterocycles. The van der Waals surface area contributed by atoms with E-state index in [1.807, 2.05) is 19.4 Å². The largest absolute Gasteiger partial charge is 0.341 e. The highest BCUT2D eigenvalue weighted by Crippen LogP contribution is 2.35. The van der Waals surface area contributed by atoms with Crippen molar-refractivity contribution in [1.82, 2.24) is 10.3 Å². The standard InChI is InChI=1S/C17H21N3/c1-13-5-6-16-14(10-13)4-3-9-20(16)17-7-8-19-12-15(17)11-18-2/h5-8,10,12,18H,3-4,9,11H2,1-2H3. The Morgan fingerprint density at radius 1 is 1.25 bits per heavy atom. The minimum atomic E-state index is 0.848. The number of aromatic nitrogens is 1. The highest BCUT2D eigenvalue weighted by Gasteiger charge is 2.20. The van der Waals surface area contributed by atoms with E-state index in [0.717, 1.165) is 13.1 Å². The van der Waals surface area contributed by atoms with Crippen molar-refractivity contribution in [3.63, 3.8) is 0 Å².